The minimum Gasteiger partial charge on any atom is -0.376 e. The van der Waals surface area contributed by atoms with Crippen LogP contribution in [0.1, 0.15) is 13.3 Å². The van der Waals surface area contributed by atoms with Gasteiger partial charge in [-0.3, -0.25) is 10.1 Å². The standard InChI is InChI=1S/C12H19N5O4/c1-2-3-13-11-10(17(18)19)12(16-8-15-11)14-6-9-7-20-4-5-21-9/h8-9H,2-7H2,1H3,(H2,13,14,15,16). The quantitative estimate of drug-likeness (QED) is 0.567. The maximum Gasteiger partial charge on any atom is 0.353 e. The summed E-state index contributed by atoms with van der Waals surface area (Å²) in [6.45, 7) is 4.55. The van der Waals surface area contributed by atoms with Crippen molar-refractivity contribution in [3.63, 3.8) is 0 Å². The first kappa shape index (κ1) is 15.4. The van der Waals surface area contributed by atoms with Gasteiger partial charge in [0.05, 0.1) is 30.8 Å². The Kier molecular flexibility index (Phi) is 5.64. The molecule has 1 fully saturated rings. The smallest absolute Gasteiger partial charge is 0.353 e. The fourth-order valence-corrected chi connectivity index (χ4v) is 1.92. The molecule has 0 aliphatic carbocycles. The lowest BCUT2D eigenvalue weighted by molar-refractivity contribution is -0.383. The molecule has 9 nitrogen and oxygen atoms in total. The van der Waals surface area contributed by atoms with Crippen molar-refractivity contribution >= 4 is 17.3 Å². The second kappa shape index (κ2) is 7.70. The van der Waals surface area contributed by atoms with E-state index < -0.39 is 4.92 Å². The lowest BCUT2D eigenvalue weighted by Gasteiger charge is -2.23. The summed E-state index contributed by atoms with van der Waals surface area (Å²) >= 11 is 0. The SMILES string of the molecule is CCCNc1ncnc(NCC2COCCO2)c1[N+](=O)[O-]. The van der Waals surface area contributed by atoms with Gasteiger partial charge in [0, 0.05) is 13.1 Å². The van der Waals surface area contributed by atoms with Crippen LogP contribution in [0.2, 0.25) is 0 Å². The highest BCUT2D eigenvalue weighted by atomic mass is 16.6. The summed E-state index contributed by atoms with van der Waals surface area (Å²) in [6.07, 6.45) is 2.00. The van der Waals surface area contributed by atoms with Crippen LogP contribution >= 0.6 is 0 Å². The average molecular weight is 297 g/mol. The Labute approximate surface area is 122 Å². The van der Waals surface area contributed by atoms with Crippen LogP contribution in [-0.2, 0) is 9.47 Å². The van der Waals surface area contributed by atoms with Crippen LogP contribution in [-0.4, -0.2) is 53.9 Å². The number of nitro groups is 1. The Bertz CT molecular complexity index is 479. The van der Waals surface area contributed by atoms with E-state index in [2.05, 4.69) is 20.6 Å². The van der Waals surface area contributed by atoms with Gasteiger partial charge < -0.3 is 20.1 Å². The number of aromatic nitrogens is 2. The van der Waals surface area contributed by atoms with E-state index >= 15 is 0 Å². The molecular weight excluding hydrogens is 278 g/mol. The van der Waals surface area contributed by atoms with Crippen molar-refractivity contribution in [2.75, 3.05) is 43.5 Å². The van der Waals surface area contributed by atoms with Crippen molar-refractivity contribution in [3.05, 3.63) is 16.4 Å². The fourth-order valence-electron chi connectivity index (χ4n) is 1.92. The topological polar surface area (TPSA) is 111 Å². The molecule has 0 saturated carbocycles. The number of ether oxygens (including phenoxy) is 2. The third kappa shape index (κ3) is 4.23. The van der Waals surface area contributed by atoms with Gasteiger partial charge in [0.15, 0.2) is 0 Å². The monoisotopic (exact) mass is 297 g/mol. The van der Waals surface area contributed by atoms with Crippen LogP contribution in [0, 0.1) is 10.1 Å². The highest BCUT2D eigenvalue weighted by Gasteiger charge is 2.24. The van der Waals surface area contributed by atoms with Crippen molar-refractivity contribution < 1.29 is 14.4 Å². The first-order valence-electron chi connectivity index (χ1n) is 6.88. The largest absolute Gasteiger partial charge is 0.376 e. The summed E-state index contributed by atoms with van der Waals surface area (Å²) in [5.41, 5.74) is -0.150. The molecule has 1 aliphatic heterocycles. The second-order valence-electron chi connectivity index (χ2n) is 4.55. The summed E-state index contributed by atoms with van der Waals surface area (Å²) in [4.78, 5) is 18.6. The third-order valence-corrected chi connectivity index (χ3v) is 2.93. The van der Waals surface area contributed by atoms with Gasteiger partial charge in [-0.1, -0.05) is 6.92 Å². The van der Waals surface area contributed by atoms with Gasteiger partial charge in [0.1, 0.15) is 6.33 Å². The summed E-state index contributed by atoms with van der Waals surface area (Å²) < 4.78 is 10.8. The molecule has 2 rings (SSSR count). The zero-order valence-corrected chi connectivity index (χ0v) is 11.9. The molecule has 2 heterocycles. The molecule has 0 spiro atoms. The molecule has 1 saturated heterocycles. The molecule has 2 N–H and O–H groups in total. The number of hydrogen-bond acceptors (Lipinski definition) is 8. The van der Waals surface area contributed by atoms with Gasteiger partial charge >= 0.3 is 5.69 Å². The molecule has 21 heavy (non-hydrogen) atoms. The summed E-state index contributed by atoms with van der Waals surface area (Å²) in [5.74, 6) is 0.405. The number of anilines is 2. The number of rotatable bonds is 7. The number of nitrogens with one attached hydrogen (secondary N) is 2. The number of hydrogen-bond donors (Lipinski definition) is 2. The first-order chi connectivity index (χ1) is 10.2. The predicted octanol–water partition coefficient (Wildman–Crippen LogP) is 1.03. The van der Waals surface area contributed by atoms with Gasteiger partial charge in [-0.05, 0) is 6.42 Å². The minimum absolute atomic E-state index is 0.139. The number of nitrogens with zero attached hydrogens (tertiary/aromatic N) is 3. The van der Waals surface area contributed by atoms with E-state index in [9.17, 15) is 10.1 Å². The van der Waals surface area contributed by atoms with Gasteiger partial charge in [-0.2, -0.15) is 0 Å². The third-order valence-electron chi connectivity index (χ3n) is 2.93. The van der Waals surface area contributed by atoms with Crippen molar-refractivity contribution in [2.24, 2.45) is 0 Å². The Morgan fingerprint density at radius 2 is 2.14 bits per heavy atom. The molecular formula is C12H19N5O4. The summed E-state index contributed by atoms with van der Waals surface area (Å²) in [6, 6.07) is 0. The molecule has 0 bridgehead atoms. The zero-order chi connectivity index (χ0) is 15.1. The molecule has 0 radical (unpaired) electrons. The van der Waals surface area contributed by atoms with E-state index in [-0.39, 0.29) is 23.4 Å². The predicted molar refractivity (Wildman–Crippen MR) is 76.5 cm³/mol. The van der Waals surface area contributed by atoms with E-state index in [1.165, 1.54) is 6.33 Å². The van der Waals surface area contributed by atoms with E-state index in [0.29, 0.717) is 32.9 Å². The van der Waals surface area contributed by atoms with Crippen LogP contribution in [0.15, 0.2) is 6.33 Å². The van der Waals surface area contributed by atoms with Crippen LogP contribution in [0.4, 0.5) is 17.3 Å². The fraction of sp³-hybridized carbons (Fsp3) is 0.667. The van der Waals surface area contributed by atoms with E-state index in [1.807, 2.05) is 6.92 Å². The molecule has 1 aromatic heterocycles. The molecule has 1 aromatic rings. The molecule has 1 atom stereocenters. The van der Waals surface area contributed by atoms with E-state index in [1.54, 1.807) is 0 Å². The normalized spacial score (nSPS) is 18.2. The minimum atomic E-state index is -0.488. The van der Waals surface area contributed by atoms with Gasteiger partial charge in [-0.15, -0.1) is 0 Å². The molecule has 9 heteroatoms. The van der Waals surface area contributed by atoms with Crippen LogP contribution in [0.25, 0.3) is 0 Å². The van der Waals surface area contributed by atoms with Crippen molar-refractivity contribution in [1.82, 2.24) is 9.97 Å². The summed E-state index contributed by atoms with van der Waals surface area (Å²) in [5, 5.41) is 17.1. The maximum atomic E-state index is 11.2. The zero-order valence-electron chi connectivity index (χ0n) is 11.9. The van der Waals surface area contributed by atoms with Gasteiger partial charge in [0.25, 0.3) is 0 Å². The van der Waals surface area contributed by atoms with Crippen molar-refractivity contribution in [1.29, 1.82) is 0 Å². The second-order valence-corrected chi connectivity index (χ2v) is 4.55. The maximum absolute atomic E-state index is 11.2. The van der Waals surface area contributed by atoms with Crippen LogP contribution in [0.3, 0.4) is 0 Å². The van der Waals surface area contributed by atoms with Crippen molar-refractivity contribution in [2.45, 2.75) is 19.4 Å². The van der Waals surface area contributed by atoms with Gasteiger partial charge in [-0.25, -0.2) is 9.97 Å². The van der Waals surface area contributed by atoms with Crippen LogP contribution < -0.4 is 10.6 Å². The van der Waals surface area contributed by atoms with Gasteiger partial charge in [0.2, 0.25) is 11.6 Å². The molecule has 0 amide bonds. The average Bonchev–Trinajstić information content (AvgIpc) is 2.51. The molecule has 1 aliphatic rings. The van der Waals surface area contributed by atoms with Crippen molar-refractivity contribution in [3.8, 4) is 0 Å². The summed E-state index contributed by atoms with van der Waals surface area (Å²) in [7, 11) is 0. The Morgan fingerprint density at radius 1 is 1.38 bits per heavy atom. The Balaban J connectivity index is 2.07. The highest BCUT2D eigenvalue weighted by molar-refractivity contribution is 5.69. The van der Waals surface area contributed by atoms with E-state index in [4.69, 9.17) is 9.47 Å². The lowest BCUT2D eigenvalue weighted by atomic mass is 10.3. The molecule has 116 valence electrons. The van der Waals surface area contributed by atoms with Crippen LogP contribution in [0.5, 0.6) is 0 Å². The lowest BCUT2D eigenvalue weighted by Crippen LogP contribution is -2.34. The highest BCUT2D eigenvalue weighted by Crippen LogP contribution is 2.28. The first-order valence-corrected chi connectivity index (χ1v) is 6.88. The molecule has 0 aromatic carbocycles. The Morgan fingerprint density at radius 3 is 2.76 bits per heavy atom. The van der Waals surface area contributed by atoms with E-state index in [0.717, 1.165) is 6.42 Å². The molecule has 1 unspecified atom stereocenters. The Hall–Kier alpha value is -2.00.